The number of esters is 1. The molecule has 2 heterocycles. The summed E-state index contributed by atoms with van der Waals surface area (Å²) in [7, 11) is 1.71. The van der Waals surface area contributed by atoms with Crippen LogP contribution in [0.1, 0.15) is 52.9 Å². The minimum Gasteiger partial charge on any atom is -0.496 e. The van der Waals surface area contributed by atoms with Gasteiger partial charge in [0, 0.05) is 60.5 Å². The molecule has 1 aliphatic rings. The second kappa shape index (κ2) is 11.9. The van der Waals surface area contributed by atoms with Crippen molar-refractivity contribution in [2.75, 3.05) is 20.3 Å². The maximum atomic E-state index is 12.8. The number of hydrogen-bond acceptors (Lipinski definition) is 7. The number of fused-ring (bicyclic) bond motifs is 1. The fraction of sp³-hybridized carbons (Fsp3) is 0.323. The highest BCUT2D eigenvalue weighted by Gasteiger charge is 2.31. The van der Waals surface area contributed by atoms with Gasteiger partial charge in [-0.25, -0.2) is 4.79 Å². The monoisotopic (exact) mass is 543 g/mol. The van der Waals surface area contributed by atoms with Crippen molar-refractivity contribution in [2.24, 2.45) is 0 Å². The van der Waals surface area contributed by atoms with Crippen LogP contribution in [0.15, 0.2) is 66.9 Å². The Balaban J connectivity index is 1.38. The Morgan fingerprint density at radius 2 is 1.88 bits per heavy atom. The normalized spacial score (nSPS) is 17.6. The van der Waals surface area contributed by atoms with Crippen LogP contribution in [0.3, 0.4) is 0 Å². The number of piperidine rings is 1. The van der Waals surface area contributed by atoms with Gasteiger partial charge in [0.05, 0.1) is 23.7 Å². The number of nitro groups is 1. The van der Waals surface area contributed by atoms with Gasteiger partial charge in [0.2, 0.25) is 0 Å². The van der Waals surface area contributed by atoms with Crippen LogP contribution in [0, 0.1) is 17.0 Å². The molecule has 3 aromatic carbocycles. The first kappa shape index (κ1) is 27.4. The average molecular weight is 544 g/mol. The lowest BCUT2D eigenvalue weighted by molar-refractivity contribution is -0.384. The lowest BCUT2D eigenvalue weighted by Crippen LogP contribution is -2.39. The molecule has 2 atom stereocenters. The lowest BCUT2D eigenvalue weighted by Gasteiger charge is -2.40. The molecule has 0 saturated carbocycles. The molecule has 9 heteroatoms. The van der Waals surface area contributed by atoms with Crippen LogP contribution in [0.25, 0.3) is 10.9 Å². The van der Waals surface area contributed by atoms with E-state index in [1.165, 1.54) is 24.3 Å². The van der Waals surface area contributed by atoms with Crippen molar-refractivity contribution in [3.8, 4) is 11.5 Å². The molecule has 1 N–H and O–H groups in total. The standard InChI is InChI=1S/C31H33N3O6/c1-4-39-25-14-16-33(19-27-26-13-15-32-30(26)20(2)17-29(27)38-3)28(18-25)21-5-7-22(8-6-21)31(35)40-24-11-9-23(10-12-24)34(36)37/h5-13,15,17,25,28,32H,4,14,16,18-19H2,1-3H3/t25?,28-/m0/s1. The number of aryl methyl sites for hydroxylation is 1. The number of carbonyl (C=O) groups excluding carboxylic acids is 1. The Bertz CT molecular complexity index is 1500. The van der Waals surface area contributed by atoms with Crippen LogP contribution in [0.2, 0.25) is 0 Å². The van der Waals surface area contributed by atoms with Gasteiger partial charge in [0.15, 0.2) is 0 Å². The van der Waals surface area contributed by atoms with E-state index >= 15 is 0 Å². The first-order chi connectivity index (χ1) is 19.4. The van der Waals surface area contributed by atoms with E-state index in [2.05, 4.69) is 28.9 Å². The summed E-state index contributed by atoms with van der Waals surface area (Å²) < 4.78 is 17.3. The first-order valence-corrected chi connectivity index (χ1v) is 13.4. The van der Waals surface area contributed by atoms with Crippen LogP contribution in [0.5, 0.6) is 11.5 Å². The van der Waals surface area contributed by atoms with Crippen molar-refractivity contribution >= 4 is 22.6 Å². The van der Waals surface area contributed by atoms with Gasteiger partial charge in [-0.2, -0.15) is 0 Å². The van der Waals surface area contributed by atoms with E-state index in [1.807, 2.05) is 25.3 Å². The maximum absolute atomic E-state index is 12.8. The van der Waals surface area contributed by atoms with Crippen molar-refractivity contribution in [3.63, 3.8) is 0 Å². The fourth-order valence-electron chi connectivity index (χ4n) is 5.53. The summed E-state index contributed by atoms with van der Waals surface area (Å²) in [6, 6.07) is 17.2. The third-order valence-corrected chi connectivity index (χ3v) is 7.55. The molecule has 1 aromatic heterocycles. The Morgan fingerprint density at radius 3 is 2.55 bits per heavy atom. The number of nitrogens with one attached hydrogen (secondary N) is 1. The molecule has 0 spiro atoms. The Morgan fingerprint density at radius 1 is 1.12 bits per heavy atom. The number of ether oxygens (including phenoxy) is 3. The molecule has 0 aliphatic carbocycles. The van der Waals surface area contributed by atoms with Crippen LogP contribution in [-0.2, 0) is 11.3 Å². The predicted octanol–water partition coefficient (Wildman–Crippen LogP) is 6.35. The summed E-state index contributed by atoms with van der Waals surface area (Å²) >= 11 is 0. The van der Waals surface area contributed by atoms with E-state index in [1.54, 1.807) is 19.2 Å². The number of hydrogen-bond donors (Lipinski definition) is 1. The second-order valence-corrected chi connectivity index (χ2v) is 9.99. The van der Waals surface area contributed by atoms with E-state index in [9.17, 15) is 14.9 Å². The van der Waals surface area contributed by atoms with E-state index in [4.69, 9.17) is 14.2 Å². The number of nitro benzene ring substituents is 1. The number of aromatic amines is 1. The minimum atomic E-state index is -0.521. The van der Waals surface area contributed by atoms with Crippen molar-refractivity contribution in [2.45, 2.75) is 45.4 Å². The third-order valence-electron chi connectivity index (χ3n) is 7.55. The number of likely N-dealkylation sites (tertiary alicyclic amines) is 1. The molecule has 0 amide bonds. The highest BCUT2D eigenvalue weighted by atomic mass is 16.6. The van der Waals surface area contributed by atoms with Crippen molar-refractivity contribution in [3.05, 3.63) is 99.2 Å². The molecule has 1 saturated heterocycles. The van der Waals surface area contributed by atoms with Gasteiger partial charge in [-0.05, 0) is 74.2 Å². The largest absolute Gasteiger partial charge is 0.496 e. The highest BCUT2D eigenvalue weighted by molar-refractivity contribution is 5.91. The average Bonchev–Trinajstić information content (AvgIpc) is 3.46. The second-order valence-electron chi connectivity index (χ2n) is 9.99. The van der Waals surface area contributed by atoms with Gasteiger partial charge < -0.3 is 19.2 Å². The zero-order valence-corrected chi connectivity index (χ0v) is 22.9. The summed E-state index contributed by atoms with van der Waals surface area (Å²) in [5, 5.41) is 12.0. The predicted molar refractivity (Wildman–Crippen MR) is 152 cm³/mol. The Kier molecular flexibility index (Phi) is 8.14. The number of methoxy groups -OCH3 is 1. The van der Waals surface area contributed by atoms with Crippen LogP contribution in [-0.4, -0.2) is 47.1 Å². The summed E-state index contributed by atoms with van der Waals surface area (Å²) in [5.41, 5.74) is 4.84. The van der Waals surface area contributed by atoms with Crippen molar-refractivity contribution in [1.29, 1.82) is 0 Å². The number of nitrogens with zero attached hydrogens (tertiary/aromatic N) is 2. The summed E-state index contributed by atoms with van der Waals surface area (Å²) in [4.78, 5) is 28.9. The molecule has 0 radical (unpaired) electrons. The molecule has 4 aromatic rings. The molecule has 5 rings (SSSR count). The molecular weight excluding hydrogens is 510 g/mol. The number of rotatable bonds is 9. The molecule has 40 heavy (non-hydrogen) atoms. The van der Waals surface area contributed by atoms with Crippen LogP contribution >= 0.6 is 0 Å². The number of H-pyrrole nitrogens is 1. The summed E-state index contributed by atoms with van der Waals surface area (Å²) in [5.74, 6) is 0.604. The Hall–Kier alpha value is -4.21. The number of carbonyl (C=O) groups is 1. The lowest BCUT2D eigenvalue weighted by atomic mass is 9.91. The molecule has 1 fully saturated rings. The number of aromatic nitrogens is 1. The zero-order chi connectivity index (χ0) is 28.2. The van der Waals surface area contributed by atoms with E-state index in [0.29, 0.717) is 18.7 Å². The molecule has 1 aliphatic heterocycles. The zero-order valence-electron chi connectivity index (χ0n) is 22.9. The highest BCUT2D eigenvalue weighted by Crippen LogP contribution is 2.38. The smallest absolute Gasteiger partial charge is 0.343 e. The number of benzene rings is 3. The topological polar surface area (TPSA) is 107 Å². The molecule has 9 nitrogen and oxygen atoms in total. The van der Waals surface area contributed by atoms with Gasteiger partial charge in [-0.3, -0.25) is 15.0 Å². The van der Waals surface area contributed by atoms with E-state index < -0.39 is 10.9 Å². The van der Waals surface area contributed by atoms with E-state index in [0.717, 1.165) is 52.7 Å². The van der Waals surface area contributed by atoms with Gasteiger partial charge in [0.25, 0.3) is 5.69 Å². The summed E-state index contributed by atoms with van der Waals surface area (Å²) in [6.07, 6.45) is 3.90. The molecule has 208 valence electrons. The fourth-order valence-corrected chi connectivity index (χ4v) is 5.53. The quantitative estimate of drug-likeness (QED) is 0.113. The summed E-state index contributed by atoms with van der Waals surface area (Å²) in [6.45, 7) is 6.34. The van der Waals surface area contributed by atoms with Crippen LogP contribution < -0.4 is 9.47 Å². The SMILES string of the molecule is CCOC1CCN(Cc2c(OC)cc(C)c3[nH]ccc23)[C@H](c2ccc(C(=O)Oc3ccc([N+](=O)[O-])cc3)cc2)C1. The van der Waals surface area contributed by atoms with Gasteiger partial charge in [-0.1, -0.05) is 12.1 Å². The van der Waals surface area contributed by atoms with Crippen LogP contribution in [0.4, 0.5) is 5.69 Å². The van der Waals surface area contributed by atoms with Gasteiger partial charge >= 0.3 is 5.97 Å². The van der Waals surface area contributed by atoms with Crippen molar-refractivity contribution in [1.82, 2.24) is 9.88 Å². The van der Waals surface area contributed by atoms with Gasteiger partial charge in [-0.15, -0.1) is 0 Å². The molecule has 1 unspecified atom stereocenters. The maximum Gasteiger partial charge on any atom is 0.343 e. The Labute approximate surface area is 232 Å². The van der Waals surface area contributed by atoms with Crippen molar-refractivity contribution < 1.29 is 23.9 Å². The van der Waals surface area contributed by atoms with Gasteiger partial charge in [0.1, 0.15) is 11.5 Å². The third kappa shape index (κ3) is 5.71. The number of non-ortho nitro benzene ring substituents is 1. The first-order valence-electron chi connectivity index (χ1n) is 13.4. The molecular formula is C31H33N3O6. The molecule has 0 bridgehead atoms. The minimum absolute atomic E-state index is 0.0629. The van der Waals surface area contributed by atoms with E-state index in [-0.39, 0.29) is 23.6 Å².